The van der Waals surface area contributed by atoms with Gasteiger partial charge in [-0.05, 0) is 34.5 Å². The predicted molar refractivity (Wildman–Crippen MR) is 80.9 cm³/mol. The summed E-state index contributed by atoms with van der Waals surface area (Å²) in [5.74, 6) is -1.17. The number of benzene rings is 2. The number of rotatable bonds is 2. The van der Waals surface area contributed by atoms with Crippen LogP contribution in [0.5, 0.6) is 0 Å². The van der Waals surface area contributed by atoms with Gasteiger partial charge in [0.2, 0.25) is 0 Å². The number of carbonyl (C=O) groups excluding carboxylic acids is 1. The topological polar surface area (TPSA) is 56.3 Å². The van der Waals surface area contributed by atoms with E-state index in [0.29, 0.717) is 0 Å². The van der Waals surface area contributed by atoms with E-state index in [1.807, 2.05) is 23.1 Å². The fourth-order valence-electron chi connectivity index (χ4n) is 2.37. The van der Waals surface area contributed by atoms with E-state index in [9.17, 15) is 9.90 Å². The number of aromatic carboxylic acids is 1. The van der Waals surface area contributed by atoms with Gasteiger partial charge in [0, 0.05) is 46.4 Å². The van der Waals surface area contributed by atoms with Crippen LogP contribution in [0.25, 0.3) is 21.5 Å². The van der Waals surface area contributed by atoms with Gasteiger partial charge in [-0.3, -0.25) is 4.98 Å². The molecule has 4 nitrogen and oxygen atoms in total. The van der Waals surface area contributed by atoms with Gasteiger partial charge in [0.05, 0.1) is 11.7 Å². The van der Waals surface area contributed by atoms with Crippen molar-refractivity contribution in [3.63, 3.8) is 0 Å². The van der Waals surface area contributed by atoms with Crippen LogP contribution in [0, 0.1) is 0 Å². The van der Waals surface area contributed by atoms with Crippen molar-refractivity contribution in [2.24, 2.45) is 0 Å². The molecule has 0 bridgehead atoms. The van der Waals surface area contributed by atoms with Crippen LogP contribution in [-0.2, 0) is 0 Å². The van der Waals surface area contributed by atoms with Gasteiger partial charge in [-0.15, -0.1) is 0 Å². The van der Waals surface area contributed by atoms with Gasteiger partial charge in [0.1, 0.15) is 0 Å². The Hall–Kier alpha value is -1.14. The molecule has 0 amide bonds. The van der Waals surface area contributed by atoms with Crippen LogP contribution in [0.15, 0.2) is 42.7 Å². The van der Waals surface area contributed by atoms with Crippen LogP contribution in [0.2, 0.25) is 0 Å². The molecule has 3 rings (SSSR count). The maximum absolute atomic E-state index is 11.0. The SMILES string of the molecule is CN(Br)c1cc2cc(C(=O)[O-])ccc2c2cnccc12.[Na+]. The maximum atomic E-state index is 11.0. The Morgan fingerprint density at radius 1 is 1.19 bits per heavy atom. The summed E-state index contributed by atoms with van der Waals surface area (Å²) in [5.41, 5.74) is 1.12. The second-order valence-electron chi connectivity index (χ2n) is 4.52. The van der Waals surface area contributed by atoms with E-state index in [-0.39, 0.29) is 35.1 Å². The molecule has 0 aliphatic carbocycles. The molecule has 0 radical (unpaired) electrons. The molecule has 2 aromatic carbocycles. The molecule has 0 spiro atoms. The molecule has 6 heteroatoms. The molecule has 1 aromatic heterocycles. The molecule has 0 N–H and O–H groups in total. The predicted octanol–water partition coefficient (Wildman–Crippen LogP) is -0.498. The molecule has 0 fully saturated rings. The zero-order valence-electron chi connectivity index (χ0n) is 11.6. The fourth-order valence-corrected chi connectivity index (χ4v) is 2.66. The summed E-state index contributed by atoms with van der Waals surface area (Å²) in [7, 11) is 1.88. The zero-order valence-corrected chi connectivity index (χ0v) is 15.2. The number of anilines is 1. The molecule has 0 unspecified atom stereocenters. The average Bonchev–Trinajstić information content (AvgIpc) is 2.45. The maximum Gasteiger partial charge on any atom is 1.00 e. The van der Waals surface area contributed by atoms with Crippen LogP contribution in [0.4, 0.5) is 5.69 Å². The normalized spacial score (nSPS) is 10.4. The van der Waals surface area contributed by atoms with Crippen molar-refractivity contribution in [3.8, 4) is 0 Å². The van der Waals surface area contributed by atoms with Crippen LogP contribution in [0.1, 0.15) is 10.4 Å². The summed E-state index contributed by atoms with van der Waals surface area (Å²) < 4.78 is 1.82. The minimum absolute atomic E-state index is 0. The number of pyridine rings is 1. The Balaban J connectivity index is 0.00000161. The van der Waals surface area contributed by atoms with Crippen molar-refractivity contribution in [3.05, 3.63) is 48.3 Å². The number of carboxylic acid groups (broad SMARTS) is 1. The molecular weight excluding hydrogens is 343 g/mol. The Morgan fingerprint density at radius 3 is 2.62 bits per heavy atom. The minimum atomic E-state index is -1.17. The van der Waals surface area contributed by atoms with Gasteiger partial charge >= 0.3 is 29.6 Å². The van der Waals surface area contributed by atoms with Crippen LogP contribution in [0.3, 0.4) is 0 Å². The van der Waals surface area contributed by atoms with E-state index >= 15 is 0 Å². The molecule has 100 valence electrons. The van der Waals surface area contributed by atoms with Gasteiger partial charge in [-0.1, -0.05) is 12.1 Å². The number of carbonyl (C=O) groups is 1. The Kier molecular flexibility index (Phi) is 4.88. The summed E-state index contributed by atoms with van der Waals surface area (Å²) in [4.78, 5) is 15.1. The number of carboxylic acids is 1. The van der Waals surface area contributed by atoms with Crippen LogP contribution in [-0.4, -0.2) is 18.0 Å². The van der Waals surface area contributed by atoms with Gasteiger partial charge in [0.15, 0.2) is 0 Å². The number of hydrogen-bond acceptors (Lipinski definition) is 4. The third kappa shape index (κ3) is 2.92. The molecule has 0 saturated heterocycles. The first-order chi connectivity index (χ1) is 9.58. The van der Waals surface area contributed by atoms with E-state index in [2.05, 4.69) is 21.1 Å². The van der Waals surface area contributed by atoms with Crippen molar-refractivity contribution < 1.29 is 39.5 Å². The van der Waals surface area contributed by atoms with E-state index in [1.165, 1.54) is 0 Å². The van der Waals surface area contributed by atoms with E-state index in [4.69, 9.17) is 0 Å². The van der Waals surface area contributed by atoms with Gasteiger partial charge in [-0.2, -0.15) is 0 Å². The first-order valence-electron chi connectivity index (χ1n) is 5.99. The number of nitrogens with zero attached hydrogens (tertiary/aromatic N) is 2. The standard InChI is InChI=1S/C15H11BrN2O2.Na/c1-18(16)14-7-10-6-9(15(19)20)2-3-11(10)13-8-17-5-4-12(13)14;/h2-8H,1H3,(H,19,20);/q;+1/p-1. The summed E-state index contributed by atoms with van der Waals surface area (Å²) in [6, 6.07) is 8.86. The van der Waals surface area contributed by atoms with Gasteiger partial charge in [-0.25, -0.2) is 0 Å². The van der Waals surface area contributed by atoms with Crippen molar-refractivity contribution in [1.82, 2.24) is 4.98 Å². The molecule has 0 atom stereocenters. The molecule has 0 aliphatic rings. The molecular formula is C15H10BrN2NaO2. The summed E-state index contributed by atoms with van der Waals surface area (Å²) in [5, 5.41) is 14.8. The van der Waals surface area contributed by atoms with Gasteiger partial charge < -0.3 is 13.8 Å². The summed E-state index contributed by atoms with van der Waals surface area (Å²) in [6.07, 6.45) is 3.53. The quantitative estimate of drug-likeness (QED) is 0.354. The van der Waals surface area contributed by atoms with Crippen molar-refractivity contribution in [2.45, 2.75) is 0 Å². The zero-order chi connectivity index (χ0) is 14.3. The number of aromatic nitrogens is 1. The smallest absolute Gasteiger partial charge is 0.545 e. The summed E-state index contributed by atoms with van der Waals surface area (Å²) >= 11 is 3.42. The second kappa shape index (κ2) is 6.32. The number of halogens is 1. The summed E-state index contributed by atoms with van der Waals surface area (Å²) in [6.45, 7) is 0. The Bertz CT molecular complexity index is 836. The largest absolute Gasteiger partial charge is 1.00 e. The van der Waals surface area contributed by atoms with Gasteiger partial charge in [0.25, 0.3) is 0 Å². The molecule has 21 heavy (non-hydrogen) atoms. The van der Waals surface area contributed by atoms with E-state index in [0.717, 1.165) is 27.2 Å². The number of hydrogen-bond donors (Lipinski definition) is 0. The average molecular weight is 353 g/mol. The Morgan fingerprint density at radius 2 is 1.95 bits per heavy atom. The third-order valence-electron chi connectivity index (χ3n) is 3.30. The minimum Gasteiger partial charge on any atom is -0.545 e. The fraction of sp³-hybridized carbons (Fsp3) is 0.0667. The van der Waals surface area contributed by atoms with Crippen LogP contribution < -0.4 is 38.6 Å². The molecule has 0 aliphatic heterocycles. The van der Waals surface area contributed by atoms with E-state index in [1.54, 1.807) is 30.6 Å². The first kappa shape index (κ1) is 16.2. The van der Waals surface area contributed by atoms with E-state index < -0.39 is 5.97 Å². The van der Waals surface area contributed by atoms with Crippen molar-refractivity contribution >= 4 is 49.3 Å². The van der Waals surface area contributed by atoms with Crippen molar-refractivity contribution in [2.75, 3.05) is 11.0 Å². The third-order valence-corrected chi connectivity index (χ3v) is 3.68. The number of fused-ring (bicyclic) bond motifs is 3. The molecule has 3 aromatic rings. The van der Waals surface area contributed by atoms with Crippen molar-refractivity contribution in [1.29, 1.82) is 0 Å². The molecule has 1 heterocycles. The first-order valence-corrected chi connectivity index (χ1v) is 6.70. The second-order valence-corrected chi connectivity index (χ2v) is 5.58. The Labute approximate surface area is 152 Å². The molecule has 0 saturated carbocycles. The monoisotopic (exact) mass is 352 g/mol. The van der Waals surface area contributed by atoms with Crippen LogP contribution >= 0.6 is 16.1 Å².